The lowest BCUT2D eigenvalue weighted by molar-refractivity contribution is -0.114. The molecular formula is C14H14ClN3O. The summed E-state index contributed by atoms with van der Waals surface area (Å²) < 4.78 is 0. The largest absolute Gasteiger partial charge is 0.376 e. The minimum absolute atomic E-state index is 0.132. The van der Waals surface area contributed by atoms with Crippen molar-refractivity contribution in [3.05, 3.63) is 53.3 Å². The predicted octanol–water partition coefficient (Wildman–Crippen LogP) is 3.09. The van der Waals surface area contributed by atoms with Gasteiger partial charge in [0.1, 0.15) is 5.15 Å². The number of pyridine rings is 1. The Labute approximate surface area is 116 Å². The smallest absolute Gasteiger partial charge is 0.243 e. The van der Waals surface area contributed by atoms with Gasteiger partial charge in [-0.05, 0) is 30.7 Å². The maximum Gasteiger partial charge on any atom is 0.243 e. The molecule has 1 heterocycles. The second-order valence-electron chi connectivity index (χ2n) is 4.10. The predicted molar refractivity (Wildman–Crippen MR) is 77.5 cm³/mol. The number of rotatable bonds is 4. The first-order chi connectivity index (χ1) is 9.15. The summed E-state index contributed by atoms with van der Waals surface area (Å²) in [4.78, 5) is 15.7. The third-order valence-electron chi connectivity index (χ3n) is 2.53. The Hall–Kier alpha value is -2.07. The Balaban J connectivity index is 1.89. The SMILES string of the molecule is Cc1cc(NC(=O)CNc2ccccc2)cnc1Cl. The Kier molecular flexibility index (Phi) is 4.36. The summed E-state index contributed by atoms with van der Waals surface area (Å²) in [6.07, 6.45) is 1.54. The molecule has 4 nitrogen and oxygen atoms in total. The molecule has 0 radical (unpaired) electrons. The van der Waals surface area contributed by atoms with Crippen LogP contribution in [0.5, 0.6) is 0 Å². The monoisotopic (exact) mass is 275 g/mol. The Bertz CT molecular complexity index is 572. The van der Waals surface area contributed by atoms with E-state index in [-0.39, 0.29) is 12.5 Å². The minimum atomic E-state index is -0.132. The minimum Gasteiger partial charge on any atom is -0.376 e. The lowest BCUT2D eigenvalue weighted by Crippen LogP contribution is -2.21. The highest BCUT2D eigenvalue weighted by Crippen LogP contribution is 2.15. The molecule has 0 aliphatic rings. The molecule has 1 amide bonds. The molecule has 19 heavy (non-hydrogen) atoms. The van der Waals surface area contributed by atoms with Gasteiger partial charge in [0.2, 0.25) is 5.91 Å². The summed E-state index contributed by atoms with van der Waals surface area (Å²) in [7, 11) is 0. The summed E-state index contributed by atoms with van der Waals surface area (Å²) in [5.74, 6) is -0.132. The van der Waals surface area contributed by atoms with Crippen molar-refractivity contribution < 1.29 is 4.79 Å². The van der Waals surface area contributed by atoms with E-state index >= 15 is 0 Å². The van der Waals surface area contributed by atoms with Crippen molar-refractivity contribution in [1.29, 1.82) is 0 Å². The van der Waals surface area contributed by atoms with Crippen LogP contribution in [0.1, 0.15) is 5.56 Å². The van der Waals surface area contributed by atoms with Gasteiger partial charge in [0.05, 0.1) is 18.4 Å². The second-order valence-corrected chi connectivity index (χ2v) is 4.46. The van der Waals surface area contributed by atoms with E-state index in [0.29, 0.717) is 10.8 Å². The van der Waals surface area contributed by atoms with Crippen LogP contribution >= 0.6 is 11.6 Å². The van der Waals surface area contributed by atoms with Crippen molar-refractivity contribution in [2.75, 3.05) is 17.2 Å². The van der Waals surface area contributed by atoms with E-state index in [1.165, 1.54) is 6.20 Å². The van der Waals surface area contributed by atoms with Gasteiger partial charge in [0.15, 0.2) is 0 Å². The van der Waals surface area contributed by atoms with E-state index in [2.05, 4.69) is 15.6 Å². The van der Waals surface area contributed by atoms with E-state index in [1.54, 1.807) is 6.07 Å². The van der Waals surface area contributed by atoms with Crippen molar-refractivity contribution in [2.24, 2.45) is 0 Å². The van der Waals surface area contributed by atoms with Crippen LogP contribution in [0.4, 0.5) is 11.4 Å². The highest BCUT2D eigenvalue weighted by molar-refractivity contribution is 6.30. The summed E-state index contributed by atoms with van der Waals surface area (Å²) in [6.45, 7) is 2.04. The van der Waals surface area contributed by atoms with E-state index in [1.807, 2.05) is 37.3 Å². The molecule has 0 aliphatic heterocycles. The fourth-order valence-electron chi connectivity index (χ4n) is 1.57. The standard InChI is InChI=1S/C14H14ClN3O/c1-10-7-12(8-17-14(10)15)18-13(19)9-16-11-5-3-2-4-6-11/h2-8,16H,9H2,1H3,(H,18,19). The van der Waals surface area contributed by atoms with E-state index in [9.17, 15) is 4.79 Å². The molecule has 2 rings (SSSR count). The fourth-order valence-corrected chi connectivity index (χ4v) is 1.67. The zero-order valence-corrected chi connectivity index (χ0v) is 11.2. The number of aryl methyl sites for hydroxylation is 1. The maximum atomic E-state index is 11.7. The number of para-hydroxylation sites is 1. The van der Waals surface area contributed by atoms with Crippen molar-refractivity contribution in [3.63, 3.8) is 0 Å². The molecule has 0 unspecified atom stereocenters. The molecule has 0 spiro atoms. The molecular weight excluding hydrogens is 262 g/mol. The van der Waals surface area contributed by atoms with Gasteiger partial charge >= 0.3 is 0 Å². The third kappa shape index (κ3) is 3.96. The van der Waals surface area contributed by atoms with Gasteiger partial charge in [0, 0.05) is 5.69 Å². The van der Waals surface area contributed by atoms with E-state index in [4.69, 9.17) is 11.6 Å². The van der Waals surface area contributed by atoms with Crippen LogP contribution in [-0.4, -0.2) is 17.4 Å². The van der Waals surface area contributed by atoms with Gasteiger partial charge in [-0.1, -0.05) is 29.8 Å². The third-order valence-corrected chi connectivity index (χ3v) is 2.92. The maximum absolute atomic E-state index is 11.7. The number of aromatic nitrogens is 1. The first kappa shape index (κ1) is 13.4. The topological polar surface area (TPSA) is 54.0 Å². The van der Waals surface area contributed by atoms with Crippen molar-refractivity contribution in [3.8, 4) is 0 Å². The molecule has 0 saturated heterocycles. The lowest BCUT2D eigenvalue weighted by atomic mass is 10.3. The number of hydrogen-bond donors (Lipinski definition) is 2. The normalized spacial score (nSPS) is 10.0. The molecule has 1 aromatic carbocycles. The van der Waals surface area contributed by atoms with Gasteiger partial charge in [-0.25, -0.2) is 4.98 Å². The Morgan fingerprint density at radius 1 is 1.26 bits per heavy atom. The average Bonchev–Trinajstić information content (AvgIpc) is 2.42. The second kappa shape index (κ2) is 6.20. The van der Waals surface area contributed by atoms with Gasteiger partial charge in [0.25, 0.3) is 0 Å². The van der Waals surface area contributed by atoms with Crippen molar-refractivity contribution >= 4 is 28.9 Å². The average molecular weight is 276 g/mol. The van der Waals surface area contributed by atoms with Crippen LogP contribution in [0.25, 0.3) is 0 Å². The number of amides is 1. The summed E-state index contributed by atoms with van der Waals surface area (Å²) >= 11 is 5.82. The van der Waals surface area contributed by atoms with Crippen molar-refractivity contribution in [1.82, 2.24) is 4.98 Å². The highest BCUT2D eigenvalue weighted by atomic mass is 35.5. The highest BCUT2D eigenvalue weighted by Gasteiger charge is 2.04. The number of benzene rings is 1. The molecule has 0 atom stereocenters. The number of carbonyl (C=O) groups is 1. The summed E-state index contributed by atoms with van der Waals surface area (Å²) in [5, 5.41) is 6.23. The van der Waals surface area contributed by atoms with Crippen LogP contribution in [0.2, 0.25) is 5.15 Å². The van der Waals surface area contributed by atoms with Gasteiger partial charge < -0.3 is 10.6 Å². The fraction of sp³-hybridized carbons (Fsp3) is 0.143. The quantitative estimate of drug-likeness (QED) is 0.843. The molecule has 1 aromatic heterocycles. The molecule has 0 fully saturated rings. The summed E-state index contributed by atoms with van der Waals surface area (Å²) in [5.41, 5.74) is 2.38. The molecule has 0 saturated carbocycles. The van der Waals surface area contributed by atoms with Crippen LogP contribution in [-0.2, 0) is 4.79 Å². The molecule has 0 bridgehead atoms. The van der Waals surface area contributed by atoms with Crippen molar-refractivity contribution in [2.45, 2.75) is 6.92 Å². The van der Waals surface area contributed by atoms with Crippen LogP contribution < -0.4 is 10.6 Å². The van der Waals surface area contributed by atoms with Gasteiger partial charge in [-0.15, -0.1) is 0 Å². The van der Waals surface area contributed by atoms with Crippen LogP contribution in [0.3, 0.4) is 0 Å². The Morgan fingerprint density at radius 2 is 2.00 bits per heavy atom. The number of nitrogens with zero attached hydrogens (tertiary/aromatic N) is 1. The van der Waals surface area contributed by atoms with Gasteiger partial charge in [-0.3, -0.25) is 4.79 Å². The number of carbonyl (C=O) groups excluding carboxylic acids is 1. The molecule has 2 aromatic rings. The number of hydrogen-bond acceptors (Lipinski definition) is 3. The molecule has 98 valence electrons. The molecule has 2 N–H and O–H groups in total. The van der Waals surface area contributed by atoms with Crippen LogP contribution in [0.15, 0.2) is 42.6 Å². The lowest BCUT2D eigenvalue weighted by Gasteiger charge is -2.08. The van der Waals surface area contributed by atoms with E-state index < -0.39 is 0 Å². The number of nitrogens with one attached hydrogen (secondary N) is 2. The van der Waals surface area contributed by atoms with E-state index in [0.717, 1.165) is 11.3 Å². The molecule has 5 heteroatoms. The number of anilines is 2. The zero-order valence-electron chi connectivity index (χ0n) is 10.5. The summed E-state index contributed by atoms with van der Waals surface area (Å²) in [6, 6.07) is 11.3. The number of halogens is 1. The first-order valence-electron chi connectivity index (χ1n) is 5.86. The first-order valence-corrected chi connectivity index (χ1v) is 6.24. The van der Waals surface area contributed by atoms with Gasteiger partial charge in [-0.2, -0.15) is 0 Å². The molecule has 0 aliphatic carbocycles. The Morgan fingerprint density at radius 3 is 2.68 bits per heavy atom. The zero-order chi connectivity index (χ0) is 13.7. The van der Waals surface area contributed by atoms with Crippen LogP contribution in [0, 0.1) is 6.92 Å².